The number of aliphatic hydroxyl groups excluding tert-OH is 1. The molecular formula is C11H14O2S2. The first kappa shape index (κ1) is 12.5. The van der Waals surface area contributed by atoms with E-state index >= 15 is 0 Å². The van der Waals surface area contributed by atoms with Gasteiger partial charge in [-0.3, -0.25) is 0 Å². The van der Waals surface area contributed by atoms with E-state index in [1.165, 1.54) is 11.8 Å². The van der Waals surface area contributed by atoms with Crippen molar-refractivity contribution in [1.82, 2.24) is 0 Å². The van der Waals surface area contributed by atoms with Gasteiger partial charge in [-0.05, 0) is 49.5 Å². The van der Waals surface area contributed by atoms with E-state index in [0.717, 1.165) is 16.0 Å². The second-order valence-corrected chi connectivity index (χ2v) is 4.70. The molecule has 0 amide bonds. The molecule has 0 fully saturated rings. The summed E-state index contributed by atoms with van der Waals surface area (Å²) in [7, 11) is 0. The van der Waals surface area contributed by atoms with Crippen LogP contribution < -0.4 is 0 Å². The molecule has 0 aromatic heterocycles. The van der Waals surface area contributed by atoms with Crippen LogP contribution in [0.3, 0.4) is 0 Å². The lowest BCUT2D eigenvalue weighted by Crippen LogP contribution is -1.97. The molecule has 0 heterocycles. The Morgan fingerprint density at radius 2 is 2.27 bits per heavy atom. The summed E-state index contributed by atoms with van der Waals surface area (Å²) in [6.45, 7) is 4.49. The second kappa shape index (κ2) is 6.10. The molecule has 1 aromatic rings. The van der Waals surface area contributed by atoms with Gasteiger partial charge in [-0.25, -0.2) is 0 Å². The van der Waals surface area contributed by atoms with Gasteiger partial charge in [0.1, 0.15) is 0 Å². The monoisotopic (exact) mass is 242 g/mol. The number of hydrogen-bond donors (Lipinski definition) is 1. The van der Waals surface area contributed by atoms with E-state index in [1.807, 2.05) is 32.0 Å². The summed E-state index contributed by atoms with van der Waals surface area (Å²) in [6.07, 6.45) is 0. The number of aryl methyl sites for hydroxylation is 1. The van der Waals surface area contributed by atoms with Crippen LogP contribution in [0.25, 0.3) is 0 Å². The van der Waals surface area contributed by atoms with Crippen LogP contribution >= 0.6 is 24.0 Å². The maximum absolute atomic E-state index is 9.19. The molecule has 0 saturated heterocycles. The number of hydrogen-bond acceptors (Lipinski definition) is 4. The minimum absolute atomic E-state index is 0.0265. The zero-order valence-electron chi connectivity index (χ0n) is 8.82. The second-order valence-electron chi connectivity index (χ2n) is 3.05. The molecule has 1 N–H and O–H groups in total. The standard InChI is InChI=1S/C11H14O2S2/c1-3-13-11(14)15-10-5-4-8(2)6-9(10)7-12/h4-6,12H,3,7H2,1-2H3. The summed E-state index contributed by atoms with van der Waals surface area (Å²) < 4.78 is 5.68. The fourth-order valence-corrected chi connectivity index (χ4v) is 2.30. The number of ether oxygens (including phenoxy) is 1. The van der Waals surface area contributed by atoms with Gasteiger partial charge in [0.15, 0.2) is 0 Å². The molecule has 15 heavy (non-hydrogen) atoms. The number of thioether (sulfide) groups is 1. The predicted molar refractivity (Wildman–Crippen MR) is 67.2 cm³/mol. The zero-order chi connectivity index (χ0) is 11.3. The highest BCUT2D eigenvalue weighted by Gasteiger charge is 2.06. The van der Waals surface area contributed by atoms with Crippen molar-refractivity contribution in [3.8, 4) is 0 Å². The van der Waals surface area contributed by atoms with Crippen LogP contribution in [-0.2, 0) is 11.3 Å². The van der Waals surface area contributed by atoms with Crippen molar-refractivity contribution in [1.29, 1.82) is 0 Å². The van der Waals surface area contributed by atoms with Gasteiger partial charge >= 0.3 is 0 Å². The molecule has 0 aliphatic rings. The topological polar surface area (TPSA) is 29.5 Å². The third-order valence-electron chi connectivity index (χ3n) is 1.84. The van der Waals surface area contributed by atoms with Crippen LogP contribution in [-0.4, -0.2) is 16.1 Å². The number of benzene rings is 1. The molecule has 0 saturated carbocycles. The van der Waals surface area contributed by atoms with Crippen molar-refractivity contribution in [3.63, 3.8) is 0 Å². The van der Waals surface area contributed by atoms with E-state index in [0.29, 0.717) is 11.0 Å². The smallest absolute Gasteiger partial charge is 0.224 e. The zero-order valence-corrected chi connectivity index (χ0v) is 10.5. The lowest BCUT2D eigenvalue weighted by molar-refractivity contribution is 0.279. The van der Waals surface area contributed by atoms with E-state index in [9.17, 15) is 5.11 Å². The molecule has 0 atom stereocenters. The molecular weight excluding hydrogens is 228 g/mol. The van der Waals surface area contributed by atoms with Gasteiger partial charge in [0, 0.05) is 4.90 Å². The molecule has 1 aromatic carbocycles. The van der Waals surface area contributed by atoms with Crippen LogP contribution in [0.2, 0.25) is 0 Å². The summed E-state index contributed by atoms with van der Waals surface area (Å²) >= 11 is 6.41. The van der Waals surface area contributed by atoms with E-state index < -0.39 is 0 Å². The molecule has 0 aliphatic heterocycles. The Morgan fingerprint density at radius 1 is 1.53 bits per heavy atom. The van der Waals surface area contributed by atoms with Crippen LogP contribution in [0.4, 0.5) is 0 Å². The maximum Gasteiger partial charge on any atom is 0.224 e. The number of thiocarbonyl (C=S) groups is 1. The van der Waals surface area contributed by atoms with E-state index in [2.05, 4.69) is 0 Å². The molecule has 0 aliphatic carbocycles. The van der Waals surface area contributed by atoms with Crippen LogP contribution in [0.5, 0.6) is 0 Å². The first-order chi connectivity index (χ1) is 7.17. The third kappa shape index (κ3) is 3.81. The lowest BCUT2D eigenvalue weighted by atomic mass is 10.1. The highest BCUT2D eigenvalue weighted by atomic mass is 32.2. The third-order valence-corrected chi connectivity index (χ3v) is 3.11. The lowest BCUT2D eigenvalue weighted by Gasteiger charge is -2.08. The van der Waals surface area contributed by atoms with Gasteiger partial charge in [0.25, 0.3) is 0 Å². The minimum Gasteiger partial charge on any atom is -0.479 e. The molecule has 4 heteroatoms. The average molecular weight is 242 g/mol. The molecule has 0 unspecified atom stereocenters. The fourth-order valence-electron chi connectivity index (χ4n) is 1.17. The first-order valence-electron chi connectivity index (χ1n) is 4.72. The van der Waals surface area contributed by atoms with Gasteiger partial charge in [-0.2, -0.15) is 0 Å². The molecule has 2 nitrogen and oxygen atoms in total. The van der Waals surface area contributed by atoms with Crippen LogP contribution in [0.15, 0.2) is 23.1 Å². The van der Waals surface area contributed by atoms with E-state index in [1.54, 1.807) is 0 Å². The number of aliphatic hydroxyl groups is 1. The molecule has 0 radical (unpaired) electrons. The van der Waals surface area contributed by atoms with Crippen molar-refractivity contribution in [2.75, 3.05) is 6.61 Å². The molecule has 1 rings (SSSR count). The maximum atomic E-state index is 9.19. The predicted octanol–water partition coefficient (Wildman–Crippen LogP) is 2.90. The van der Waals surface area contributed by atoms with Crippen LogP contribution in [0, 0.1) is 6.92 Å². The summed E-state index contributed by atoms with van der Waals surface area (Å²) in [4.78, 5) is 0.960. The fraction of sp³-hybridized carbons (Fsp3) is 0.364. The van der Waals surface area contributed by atoms with Crippen molar-refractivity contribution in [3.05, 3.63) is 29.3 Å². The average Bonchev–Trinajstić information content (AvgIpc) is 2.21. The quantitative estimate of drug-likeness (QED) is 0.652. The summed E-state index contributed by atoms with van der Waals surface area (Å²) in [5, 5.41) is 9.19. The highest BCUT2D eigenvalue weighted by Crippen LogP contribution is 2.25. The van der Waals surface area contributed by atoms with Crippen molar-refractivity contribution < 1.29 is 9.84 Å². The van der Waals surface area contributed by atoms with Gasteiger partial charge in [0.05, 0.1) is 13.2 Å². The van der Waals surface area contributed by atoms with E-state index in [4.69, 9.17) is 17.0 Å². The highest BCUT2D eigenvalue weighted by molar-refractivity contribution is 8.22. The Hall–Kier alpha value is -0.580. The Kier molecular flexibility index (Phi) is 5.08. The summed E-state index contributed by atoms with van der Waals surface area (Å²) in [6, 6.07) is 5.91. The Morgan fingerprint density at radius 3 is 2.87 bits per heavy atom. The van der Waals surface area contributed by atoms with Gasteiger partial charge in [0.2, 0.25) is 4.38 Å². The SMILES string of the molecule is CCOC(=S)Sc1ccc(C)cc1CO. The molecule has 82 valence electrons. The van der Waals surface area contributed by atoms with Gasteiger partial charge in [-0.1, -0.05) is 17.7 Å². The molecule has 0 spiro atoms. The van der Waals surface area contributed by atoms with E-state index in [-0.39, 0.29) is 6.61 Å². The summed E-state index contributed by atoms with van der Waals surface area (Å²) in [5.41, 5.74) is 2.02. The Labute approximate surface area is 99.6 Å². The normalized spacial score (nSPS) is 10.1. The largest absolute Gasteiger partial charge is 0.479 e. The van der Waals surface area contributed by atoms with Crippen molar-refractivity contribution in [2.45, 2.75) is 25.3 Å². The van der Waals surface area contributed by atoms with Crippen LogP contribution in [0.1, 0.15) is 18.1 Å². The first-order valence-corrected chi connectivity index (χ1v) is 5.94. The van der Waals surface area contributed by atoms with Gasteiger partial charge in [-0.15, -0.1) is 0 Å². The Bertz CT molecular complexity index is 350. The Balaban J connectivity index is 2.80. The molecule has 0 bridgehead atoms. The van der Waals surface area contributed by atoms with Crippen molar-refractivity contribution >= 4 is 28.4 Å². The van der Waals surface area contributed by atoms with Crippen molar-refractivity contribution in [2.24, 2.45) is 0 Å². The van der Waals surface area contributed by atoms with Gasteiger partial charge < -0.3 is 9.84 Å². The number of rotatable bonds is 3. The minimum atomic E-state index is 0.0265. The summed E-state index contributed by atoms with van der Waals surface area (Å²) in [5.74, 6) is 0.